The minimum Gasteiger partial charge on any atom is -0.370 e. The van der Waals surface area contributed by atoms with Crippen molar-refractivity contribution in [1.29, 1.82) is 0 Å². The van der Waals surface area contributed by atoms with Crippen LogP contribution in [0.1, 0.15) is 25.1 Å². The first-order valence-electron chi connectivity index (χ1n) is 9.69. The van der Waals surface area contributed by atoms with Crippen molar-refractivity contribution in [3.8, 4) is 0 Å². The Hall–Kier alpha value is -1.93. The van der Waals surface area contributed by atoms with E-state index in [1.54, 1.807) is 4.90 Å². The Morgan fingerprint density at radius 1 is 1.24 bits per heavy atom. The van der Waals surface area contributed by atoms with E-state index in [2.05, 4.69) is 24.5 Å². The third-order valence-corrected chi connectivity index (χ3v) is 5.84. The molecule has 1 unspecified atom stereocenters. The van der Waals surface area contributed by atoms with Crippen molar-refractivity contribution in [3.05, 3.63) is 45.6 Å². The maximum absolute atomic E-state index is 12.8. The molecule has 156 valence electrons. The first-order chi connectivity index (χ1) is 13.9. The molecule has 1 saturated heterocycles. The second kappa shape index (κ2) is 10.2. The number of nitrogens with one attached hydrogen (secondary N) is 2. The summed E-state index contributed by atoms with van der Waals surface area (Å²) in [5, 5.41) is 6.32. The fourth-order valence-electron chi connectivity index (χ4n) is 3.17. The standard InChI is InChI=1S/C21H26ClN3O3S/c1-14(2)11-18(23-12-17-7-8-19(22)29-17)21(27)24-15-3-5-16(6-4-15)25-9-10-28-13-20(25)26/h3-8,14,18,23H,9-13H2,1-2H3,(H,24,27). The van der Waals surface area contributed by atoms with Gasteiger partial charge in [-0.1, -0.05) is 25.4 Å². The second-order valence-electron chi connectivity index (χ2n) is 7.40. The van der Waals surface area contributed by atoms with Crippen molar-refractivity contribution < 1.29 is 14.3 Å². The maximum Gasteiger partial charge on any atom is 0.253 e. The number of benzene rings is 1. The van der Waals surface area contributed by atoms with Gasteiger partial charge in [0.15, 0.2) is 0 Å². The lowest BCUT2D eigenvalue weighted by Gasteiger charge is -2.27. The van der Waals surface area contributed by atoms with Crippen molar-refractivity contribution in [2.24, 2.45) is 5.92 Å². The number of rotatable bonds is 8. The largest absolute Gasteiger partial charge is 0.370 e. The summed E-state index contributed by atoms with van der Waals surface area (Å²) in [6, 6.07) is 10.9. The second-order valence-corrected chi connectivity index (χ2v) is 9.20. The molecule has 2 aromatic rings. The van der Waals surface area contributed by atoms with Crippen LogP contribution < -0.4 is 15.5 Å². The van der Waals surface area contributed by atoms with Gasteiger partial charge in [0.2, 0.25) is 5.91 Å². The first kappa shape index (κ1) is 21.8. The van der Waals surface area contributed by atoms with Gasteiger partial charge >= 0.3 is 0 Å². The van der Waals surface area contributed by atoms with Gasteiger partial charge in [-0.05, 0) is 48.7 Å². The number of hydrogen-bond acceptors (Lipinski definition) is 5. The van der Waals surface area contributed by atoms with E-state index in [0.717, 1.165) is 21.3 Å². The zero-order valence-corrected chi connectivity index (χ0v) is 18.2. The number of amides is 2. The lowest BCUT2D eigenvalue weighted by atomic mass is 10.0. The number of anilines is 2. The fraction of sp³-hybridized carbons (Fsp3) is 0.429. The van der Waals surface area contributed by atoms with Gasteiger partial charge in [0.1, 0.15) is 6.61 Å². The van der Waals surface area contributed by atoms with Crippen molar-refractivity contribution in [2.75, 3.05) is 30.0 Å². The van der Waals surface area contributed by atoms with Crippen LogP contribution in [0.5, 0.6) is 0 Å². The molecule has 1 aliphatic rings. The van der Waals surface area contributed by atoms with Crippen LogP contribution >= 0.6 is 22.9 Å². The van der Waals surface area contributed by atoms with Gasteiger partial charge in [-0.2, -0.15) is 0 Å². The SMILES string of the molecule is CC(C)CC(NCc1ccc(Cl)s1)C(=O)Nc1ccc(N2CCOCC2=O)cc1. The molecule has 3 rings (SSSR count). The first-order valence-corrected chi connectivity index (χ1v) is 10.9. The average Bonchev–Trinajstić information content (AvgIpc) is 3.11. The quantitative estimate of drug-likeness (QED) is 0.659. The summed E-state index contributed by atoms with van der Waals surface area (Å²) in [6.45, 7) is 5.97. The number of thiophene rings is 1. The highest BCUT2D eigenvalue weighted by molar-refractivity contribution is 7.16. The molecule has 29 heavy (non-hydrogen) atoms. The number of nitrogens with zero attached hydrogens (tertiary/aromatic N) is 1. The van der Waals surface area contributed by atoms with Gasteiger partial charge in [-0.15, -0.1) is 11.3 Å². The molecule has 2 N–H and O–H groups in total. The number of carbonyl (C=O) groups is 2. The smallest absolute Gasteiger partial charge is 0.253 e. The molecule has 6 nitrogen and oxygen atoms in total. The van der Waals surface area contributed by atoms with E-state index in [0.29, 0.717) is 31.3 Å². The molecule has 1 fully saturated rings. The molecule has 8 heteroatoms. The Morgan fingerprint density at radius 2 is 2.00 bits per heavy atom. The van der Waals surface area contributed by atoms with E-state index in [1.807, 2.05) is 36.4 Å². The molecule has 0 saturated carbocycles. The van der Waals surface area contributed by atoms with Gasteiger partial charge in [0, 0.05) is 29.3 Å². The number of morpholine rings is 1. The summed E-state index contributed by atoms with van der Waals surface area (Å²) in [4.78, 5) is 27.6. The van der Waals surface area contributed by atoms with Crippen LogP contribution in [0, 0.1) is 5.92 Å². The minimum absolute atomic E-state index is 0.0529. The zero-order chi connectivity index (χ0) is 20.8. The van der Waals surface area contributed by atoms with E-state index in [-0.39, 0.29) is 24.5 Å². The Balaban J connectivity index is 1.61. The Kier molecular flexibility index (Phi) is 7.66. The lowest BCUT2D eigenvalue weighted by Crippen LogP contribution is -2.41. The van der Waals surface area contributed by atoms with Crippen molar-refractivity contribution in [2.45, 2.75) is 32.9 Å². The maximum atomic E-state index is 12.8. The van der Waals surface area contributed by atoms with Gasteiger partial charge in [-0.25, -0.2) is 0 Å². The molecule has 1 aliphatic heterocycles. The highest BCUT2D eigenvalue weighted by Crippen LogP contribution is 2.22. The van der Waals surface area contributed by atoms with Crippen LogP contribution in [0.15, 0.2) is 36.4 Å². The highest BCUT2D eigenvalue weighted by Gasteiger charge is 2.22. The molecule has 0 aliphatic carbocycles. The Labute approximate surface area is 180 Å². The van der Waals surface area contributed by atoms with Crippen LogP contribution in [0.25, 0.3) is 0 Å². The predicted molar refractivity (Wildman–Crippen MR) is 118 cm³/mol. The summed E-state index contributed by atoms with van der Waals surface area (Å²) in [5.74, 6) is 0.249. The Morgan fingerprint density at radius 3 is 2.62 bits per heavy atom. The lowest BCUT2D eigenvalue weighted by molar-refractivity contribution is -0.125. The summed E-state index contributed by atoms with van der Waals surface area (Å²) in [6.07, 6.45) is 0.727. The third-order valence-electron chi connectivity index (χ3n) is 4.61. The van der Waals surface area contributed by atoms with E-state index < -0.39 is 0 Å². The molecule has 0 spiro atoms. The fourth-order valence-corrected chi connectivity index (χ4v) is 4.21. The van der Waals surface area contributed by atoms with Crippen LogP contribution in [0.3, 0.4) is 0 Å². The monoisotopic (exact) mass is 435 g/mol. The number of carbonyl (C=O) groups excluding carboxylic acids is 2. The van der Waals surface area contributed by atoms with Gasteiger partial charge in [0.05, 0.1) is 17.0 Å². The Bertz CT molecular complexity index is 838. The van der Waals surface area contributed by atoms with Crippen LogP contribution in [-0.4, -0.2) is 37.6 Å². The molecule has 0 bridgehead atoms. The van der Waals surface area contributed by atoms with E-state index in [1.165, 1.54) is 11.3 Å². The van der Waals surface area contributed by atoms with Gasteiger partial charge < -0.3 is 20.3 Å². The molecule has 0 radical (unpaired) electrons. The summed E-state index contributed by atoms with van der Waals surface area (Å²) < 4.78 is 5.90. The van der Waals surface area contributed by atoms with Crippen LogP contribution in [0.4, 0.5) is 11.4 Å². The summed E-state index contributed by atoms with van der Waals surface area (Å²) in [7, 11) is 0. The number of ether oxygens (including phenoxy) is 1. The van der Waals surface area contributed by atoms with Crippen molar-refractivity contribution in [1.82, 2.24) is 5.32 Å². The molecular formula is C21H26ClN3O3S. The van der Waals surface area contributed by atoms with E-state index in [9.17, 15) is 9.59 Å². The zero-order valence-electron chi connectivity index (χ0n) is 16.6. The topological polar surface area (TPSA) is 70.7 Å². The molecule has 2 amide bonds. The van der Waals surface area contributed by atoms with Crippen LogP contribution in [0.2, 0.25) is 4.34 Å². The van der Waals surface area contributed by atoms with E-state index in [4.69, 9.17) is 16.3 Å². The molecule has 2 heterocycles. The minimum atomic E-state index is -0.309. The molecule has 1 atom stereocenters. The van der Waals surface area contributed by atoms with Crippen LogP contribution in [-0.2, 0) is 20.9 Å². The normalized spacial score (nSPS) is 15.6. The summed E-state index contributed by atoms with van der Waals surface area (Å²) >= 11 is 7.50. The molecule has 1 aromatic carbocycles. The number of hydrogen-bond donors (Lipinski definition) is 2. The summed E-state index contributed by atoms with van der Waals surface area (Å²) in [5.41, 5.74) is 1.51. The highest BCUT2D eigenvalue weighted by atomic mass is 35.5. The van der Waals surface area contributed by atoms with Crippen molar-refractivity contribution >= 4 is 46.1 Å². The van der Waals surface area contributed by atoms with E-state index >= 15 is 0 Å². The van der Waals surface area contributed by atoms with Gasteiger partial charge in [-0.3, -0.25) is 9.59 Å². The van der Waals surface area contributed by atoms with Gasteiger partial charge in [0.25, 0.3) is 5.91 Å². The molecule has 1 aromatic heterocycles. The molecular weight excluding hydrogens is 410 g/mol. The number of halogens is 1. The average molecular weight is 436 g/mol. The third kappa shape index (κ3) is 6.27. The van der Waals surface area contributed by atoms with Crippen molar-refractivity contribution in [3.63, 3.8) is 0 Å². The predicted octanol–water partition coefficient (Wildman–Crippen LogP) is 3.91.